The summed E-state index contributed by atoms with van der Waals surface area (Å²) in [5.41, 5.74) is -0.196. The Morgan fingerprint density at radius 1 is 1.42 bits per heavy atom. The van der Waals surface area contributed by atoms with Crippen LogP contribution < -0.4 is 0 Å². The Labute approximate surface area is 148 Å². The quantitative estimate of drug-likeness (QED) is 0.814. The molecule has 1 saturated heterocycles. The van der Waals surface area contributed by atoms with Gasteiger partial charge in [-0.25, -0.2) is 4.68 Å². The number of ether oxygens (including phenoxy) is 1. The molecular weight excluding hydrogens is 349 g/mol. The van der Waals surface area contributed by atoms with Crippen LogP contribution in [0.25, 0.3) is 0 Å². The number of hydrogen-bond donors (Lipinski definition) is 0. The number of hydrogen-bond acceptors (Lipinski definition) is 4. The molecule has 140 valence electrons. The van der Waals surface area contributed by atoms with E-state index in [0.29, 0.717) is 12.1 Å². The summed E-state index contributed by atoms with van der Waals surface area (Å²) in [7, 11) is 1.52. The van der Waals surface area contributed by atoms with Crippen LogP contribution in [0, 0.1) is 0 Å². The number of alkyl halides is 3. The van der Waals surface area contributed by atoms with Gasteiger partial charge >= 0.3 is 6.18 Å². The van der Waals surface area contributed by atoms with E-state index in [4.69, 9.17) is 4.74 Å². The van der Waals surface area contributed by atoms with Crippen molar-refractivity contribution >= 4 is 5.91 Å². The molecule has 1 aliphatic rings. The smallest absolute Gasteiger partial charge is 0.376 e. The summed E-state index contributed by atoms with van der Waals surface area (Å²) >= 11 is 0. The normalized spacial score (nSPS) is 17.5. The van der Waals surface area contributed by atoms with Gasteiger partial charge in [0.25, 0.3) is 5.91 Å². The van der Waals surface area contributed by atoms with Gasteiger partial charge in [-0.2, -0.15) is 13.2 Å². The van der Waals surface area contributed by atoms with E-state index < -0.39 is 17.6 Å². The van der Waals surface area contributed by atoms with Gasteiger partial charge in [0, 0.05) is 20.2 Å². The lowest BCUT2D eigenvalue weighted by atomic mass is 10.1. The number of aromatic nitrogens is 3. The average Bonchev–Trinajstić information content (AvgIpc) is 3.26. The Morgan fingerprint density at radius 3 is 2.92 bits per heavy atom. The zero-order valence-electron chi connectivity index (χ0n) is 14.2. The second kappa shape index (κ2) is 7.45. The first-order chi connectivity index (χ1) is 12.3. The van der Waals surface area contributed by atoms with Gasteiger partial charge in [0.15, 0.2) is 5.69 Å². The maximum Gasteiger partial charge on any atom is 0.416 e. The van der Waals surface area contributed by atoms with Gasteiger partial charge in [-0.05, 0) is 30.5 Å². The van der Waals surface area contributed by atoms with E-state index in [1.807, 2.05) is 0 Å². The summed E-state index contributed by atoms with van der Waals surface area (Å²) in [6, 6.07) is 4.92. The number of amides is 1. The maximum atomic E-state index is 12.8. The fraction of sp³-hybridized carbons (Fsp3) is 0.471. The number of carbonyl (C=O) groups is 1. The second-order valence-corrected chi connectivity index (χ2v) is 6.32. The van der Waals surface area contributed by atoms with E-state index in [1.165, 1.54) is 24.2 Å². The molecule has 6 nitrogen and oxygen atoms in total. The Bertz CT molecular complexity index is 769. The number of halogens is 3. The molecule has 1 amide bonds. The van der Waals surface area contributed by atoms with Crippen molar-refractivity contribution in [3.05, 3.63) is 47.3 Å². The minimum absolute atomic E-state index is 0.0430. The van der Waals surface area contributed by atoms with Crippen molar-refractivity contribution in [3.8, 4) is 0 Å². The lowest BCUT2D eigenvalue weighted by molar-refractivity contribution is -0.137. The van der Waals surface area contributed by atoms with Gasteiger partial charge in [0.2, 0.25) is 0 Å². The van der Waals surface area contributed by atoms with Crippen LogP contribution in [-0.4, -0.2) is 45.6 Å². The van der Waals surface area contributed by atoms with Gasteiger partial charge in [0.1, 0.15) is 0 Å². The summed E-state index contributed by atoms with van der Waals surface area (Å²) < 4.78 is 45.4. The molecule has 1 unspecified atom stereocenters. The molecule has 1 aliphatic heterocycles. The van der Waals surface area contributed by atoms with Crippen molar-refractivity contribution in [2.24, 2.45) is 0 Å². The first-order valence-corrected chi connectivity index (χ1v) is 8.26. The number of carbonyl (C=O) groups excluding carboxylic acids is 1. The summed E-state index contributed by atoms with van der Waals surface area (Å²) in [6.45, 7) is 1.30. The highest BCUT2D eigenvalue weighted by atomic mass is 19.4. The minimum Gasteiger partial charge on any atom is -0.376 e. The van der Waals surface area contributed by atoms with Crippen molar-refractivity contribution in [2.45, 2.75) is 38.2 Å². The molecule has 2 aromatic rings. The van der Waals surface area contributed by atoms with E-state index in [-0.39, 0.29) is 18.3 Å². The number of rotatable bonds is 5. The molecule has 3 rings (SSSR count). The van der Waals surface area contributed by atoms with Crippen LogP contribution in [0.3, 0.4) is 0 Å². The van der Waals surface area contributed by atoms with E-state index in [2.05, 4.69) is 10.3 Å². The predicted molar refractivity (Wildman–Crippen MR) is 86.2 cm³/mol. The van der Waals surface area contributed by atoms with Crippen molar-refractivity contribution in [1.82, 2.24) is 19.9 Å². The molecule has 26 heavy (non-hydrogen) atoms. The highest BCUT2D eigenvalue weighted by Crippen LogP contribution is 2.29. The molecule has 0 aliphatic carbocycles. The van der Waals surface area contributed by atoms with Crippen molar-refractivity contribution < 1.29 is 22.7 Å². The largest absolute Gasteiger partial charge is 0.416 e. The van der Waals surface area contributed by atoms with E-state index in [9.17, 15) is 18.0 Å². The molecule has 1 atom stereocenters. The zero-order chi connectivity index (χ0) is 18.7. The molecule has 1 fully saturated rings. The third kappa shape index (κ3) is 4.40. The van der Waals surface area contributed by atoms with E-state index in [0.717, 1.165) is 31.6 Å². The zero-order valence-corrected chi connectivity index (χ0v) is 14.2. The third-order valence-electron chi connectivity index (χ3n) is 4.19. The molecule has 1 aromatic heterocycles. The molecule has 2 heterocycles. The Balaban J connectivity index is 1.63. The third-order valence-corrected chi connectivity index (χ3v) is 4.19. The van der Waals surface area contributed by atoms with Crippen molar-refractivity contribution in [1.29, 1.82) is 0 Å². The van der Waals surface area contributed by atoms with Crippen molar-refractivity contribution in [3.63, 3.8) is 0 Å². The highest BCUT2D eigenvalue weighted by Gasteiger charge is 2.30. The van der Waals surface area contributed by atoms with Gasteiger partial charge in [-0.15, -0.1) is 5.10 Å². The number of benzene rings is 1. The SMILES string of the molecule is CN(Cc1cccc(C(F)(F)F)c1)C(=O)c1cn(CC2CCCO2)nn1. The van der Waals surface area contributed by atoms with Gasteiger partial charge < -0.3 is 9.64 Å². The molecule has 0 N–H and O–H groups in total. The average molecular weight is 368 g/mol. The summed E-state index contributed by atoms with van der Waals surface area (Å²) in [5.74, 6) is -0.402. The molecule has 0 saturated carbocycles. The van der Waals surface area contributed by atoms with E-state index >= 15 is 0 Å². The monoisotopic (exact) mass is 368 g/mol. The fourth-order valence-corrected chi connectivity index (χ4v) is 2.87. The summed E-state index contributed by atoms with van der Waals surface area (Å²) in [4.78, 5) is 13.8. The van der Waals surface area contributed by atoms with Crippen LogP contribution in [0.5, 0.6) is 0 Å². The number of nitrogens with zero attached hydrogens (tertiary/aromatic N) is 4. The maximum absolute atomic E-state index is 12.8. The van der Waals surface area contributed by atoms with Crippen LogP contribution in [0.2, 0.25) is 0 Å². The van der Waals surface area contributed by atoms with Crippen LogP contribution in [0.4, 0.5) is 13.2 Å². The molecule has 0 bridgehead atoms. The van der Waals surface area contributed by atoms with Gasteiger partial charge in [-0.1, -0.05) is 17.3 Å². The van der Waals surface area contributed by atoms with Crippen LogP contribution in [0.15, 0.2) is 30.5 Å². The Kier molecular flexibility index (Phi) is 5.26. The first-order valence-electron chi connectivity index (χ1n) is 8.26. The highest BCUT2D eigenvalue weighted by molar-refractivity contribution is 5.91. The van der Waals surface area contributed by atoms with Crippen LogP contribution in [0.1, 0.15) is 34.5 Å². The van der Waals surface area contributed by atoms with Crippen molar-refractivity contribution in [2.75, 3.05) is 13.7 Å². The minimum atomic E-state index is -4.41. The lowest BCUT2D eigenvalue weighted by Gasteiger charge is -2.16. The summed E-state index contributed by atoms with van der Waals surface area (Å²) in [6.07, 6.45) is -0.859. The molecule has 9 heteroatoms. The molecule has 1 aromatic carbocycles. The molecular formula is C17H19F3N4O2. The van der Waals surface area contributed by atoms with Crippen LogP contribution in [-0.2, 0) is 24.0 Å². The topological polar surface area (TPSA) is 60.2 Å². The molecule has 0 radical (unpaired) electrons. The second-order valence-electron chi connectivity index (χ2n) is 6.32. The fourth-order valence-electron chi connectivity index (χ4n) is 2.87. The van der Waals surface area contributed by atoms with Crippen LogP contribution >= 0.6 is 0 Å². The summed E-state index contributed by atoms with van der Waals surface area (Å²) in [5, 5.41) is 7.79. The Hall–Kier alpha value is -2.42. The first kappa shape index (κ1) is 18.4. The van der Waals surface area contributed by atoms with E-state index in [1.54, 1.807) is 10.7 Å². The van der Waals surface area contributed by atoms with Gasteiger partial charge in [0.05, 0.1) is 24.4 Å². The Morgan fingerprint density at radius 2 is 2.23 bits per heavy atom. The van der Waals surface area contributed by atoms with Gasteiger partial charge in [-0.3, -0.25) is 4.79 Å². The standard InChI is InChI=1S/C17H19F3N4O2/c1-23(9-12-4-2-5-13(8-12)17(18,19)20)16(25)15-11-24(22-21-15)10-14-6-3-7-26-14/h2,4-5,8,11,14H,3,6-7,9-10H2,1H3. The lowest BCUT2D eigenvalue weighted by Crippen LogP contribution is -2.26. The molecule has 0 spiro atoms. The predicted octanol–water partition coefficient (Wildman–Crippen LogP) is 2.75.